The first-order valence-corrected chi connectivity index (χ1v) is 28.3. The molecule has 0 saturated carbocycles. The Labute approximate surface area is 417 Å². The molecule has 0 aromatic carbocycles. The third-order valence-corrected chi connectivity index (χ3v) is 14.9. The SMILES string of the molecule is CCCCC[C@H](O)C=C[C@@H]1[C@H](O)[C@H](O)[C@H]2COP(=O)(O)OP(=O)(O)OC[C@H](OC(=O)CCCCCCCCCCCCC(C)C)COC(=O)CCC/C=C\C[C@@H](C(=O)C[C@H]1O)[C@H](n1ccc(N)nc1=O)O2. The molecule has 1 fully saturated rings. The number of carbonyl (C=O) groups is 3. The van der Waals surface area contributed by atoms with Crippen LogP contribution in [0, 0.1) is 17.8 Å². The number of fused-ring (bicyclic) bond motifs is 3. The smallest absolute Gasteiger partial charge is 0.462 e. The zero-order chi connectivity index (χ0) is 52.4. The van der Waals surface area contributed by atoms with Gasteiger partial charge in [0.1, 0.15) is 36.6 Å². The number of nitrogens with two attached hydrogens (primary N) is 1. The molecule has 3 heterocycles. The van der Waals surface area contributed by atoms with Crippen molar-refractivity contribution < 1.29 is 81.3 Å². The van der Waals surface area contributed by atoms with Crippen molar-refractivity contribution in [2.75, 3.05) is 25.6 Å². The molecule has 1 aromatic heterocycles. The van der Waals surface area contributed by atoms with Crippen LogP contribution in [0.4, 0.5) is 5.82 Å². The van der Waals surface area contributed by atoms with Gasteiger partial charge < -0.3 is 50.2 Å². The standard InChI is InChI=1S/C48H81N3O18P2/c1-4-5-16-22-35(52)26-27-37-39(53)30-40(54)38-23-18-14-15-19-24-43(55)64-31-36(67-44(56)25-20-13-11-9-7-6-8-10-12-17-21-34(2)3)32-65-70(60,61)69-71(62,63)66-33-41(46(58)45(37)57)68-47(38)51-29-28-42(49)50-48(51)59/h14,18,26-29,34-39,41,45-47,52-53,57-58H,4-13,15-17,19-25,30-33H2,1-3H3,(H,60,61)(H,62,63)(H2,49,50,59)/b18-14-,27-26?/t35-,36+,37-,38-,39+,41+,45-,46+,47+/m0/s1. The highest BCUT2D eigenvalue weighted by Gasteiger charge is 2.45. The van der Waals surface area contributed by atoms with E-state index in [1.807, 2.05) is 6.92 Å². The maximum atomic E-state index is 14.2. The Balaban J connectivity index is 1.85. The Morgan fingerprint density at radius 3 is 2.17 bits per heavy atom. The maximum absolute atomic E-state index is 14.2. The van der Waals surface area contributed by atoms with E-state index >= 15 is 0 Å². The minimum atomic E-state index is -5.72. The number of hydrogen-bond donors (Lipinski definition) is 7. The molecule has 0 amide bonds. The zero-order valence-electron chi connectivity index (χ0n) is 41.7. The summed E-state index contributed by atoms with van der Waals surface area (Å²) in [7, 11) is -11.3. The number of carbonyl (C=O) groups excluding carboxylic acids is 3. The minimum absolute atomic E-state index is 0.00281. The molecule has 2 aliphatic rings. The van der Waals surface area contributed by atoms with Gasteiger partial charge in [0.25, 0.3) is 0 Å². The molecule has 21 nitrogen and oxygen atoms in total. The summed E-state index contributed by atoms with van der Waals surface area (Å²) in [5, 5.41) is 45.5. The monoisotopic (exact) mass is 1050 g/mol. The van der Waals surface area contributed by atoms with Gasteiger partial charge in [-0.1, -0.05) is 129 Å². The zero-order valence-corrected chi connectivity index (χ0v) is 43.4. The highest BCUT2D eigenvalue weighted by Crippen LogP contribution is 2.60. The van der Waals surface area contributed by atoms with Crippen molar-refractivity contribution >= 4 is 39.2 Å². The van der Waals surface area contributed by atoms with E-state index in [2.05, 4.69) is 23.1 Å². The van der Waals surface area contributed by atoms with Crippen LogP contribution in [0.3, 0.4) is 0 Å². The van der Waals surface area contributed by atoms with E-state index in [9.17, 15) is 58.5 Å². The molecule has 0 spiro atoms. The molecule has 1 aromatic rings. The number of esters is 2. The van der Waals surface area contributed by atoms with Crippen LogP contribution in [0.5, 0.6) is 0 Å². The first-order chi connectivity index (χ1) is 33.7. The van der Waals surface area contributed by atoms with Crippen molar-refractivity contribution in [3.63, 3.8) is 0 Å². The number of unbranched alkanes of at least 4 members (excludes halogenated alkanes) is 11. The lowest BCUT2D eigenvalue weighted by Crippen LogP contribution is -2.51. The number of nitrogen functional groups attached to an aromatic ring is 1. The number of cyclic esters (lactones) is 1. The second kappa shape index (κ2) is 32.9. The van der Waals surface area contributed by atoms with Gasteiger partial charge in [0.05, 0.1) is 37.4 Å². The highest BCUT2D eigenvalue weighted by atomic mass is 31.3. The fraction of sp³-hybridized carbons (Fsp3) is 0.771. The van der Waals surface area contributed by atoms with E-state index in [0.717, 1.165) is 61.6 Å². The topological polar surface area (TPSA) is 323 Å². The van der Waals surface area contributed by atoms with E-state index in [0.29, 0.717) is 19.3 Å². The Kier molecular flexibility index (Phi) is 28.8. The van der Waals surface area contributed by atoms with E-state index in [4.69, 9.17) is 29.0 Å². The number of allylic oxidation sites excluding steroid dienone is 2. The van der Waals surface area contributed by atoms with Gasteiger partial charge in [-0.2, -0.15) is 9.29 Å². The number of anilines is 1. The van der Waals surface area contributed by atoms with Crippen LogP contribution >= 0.6 is 15.6 Å². The summed E-state index contributed by atoms with van der Waals surface area (Å²) in [5.41, 5.74) is 4.72. The first-order valence-electron chi connectivity index (χ1n) is 25.3. The molecule has 2 bridgehead atoms. The van der Waals surface area contributed by atoms with Crippen LogP contribution in [0.1, 0.15) is 162 Å². The first kappa shape index (κ1) is 62.1. The van der Waals surface area contributed by atoms with Gasteiger partial charge in [-0.3, -0.25) is 28.0 Å². The Morgan fingerprint density at radius 1 is 0.887 bits per heavy atom. The molecule has 2 aliphatic heterocycles. The van der Waals surface area contributed by atoms with E-state index < -0.39 is 120 Å². The predicted molar refractivity (Wildman–Crippen MR) is 262 cm³/mol. The maximum Gasteiger partial charge on any atom is 0.481 e. The Morgan fingerprint density at radius 2 is 1.52 bits per heavy atom. The molecule has 11 atom stereocenters. The van der Waals surface area contributed by atoms with Gasteiger partial charge >= 0.3 is 33.3 Å². The quantitative estimate of drug-likeness (QED) is 0.0292. The third-order valence-electron chi connectivity index (χ3n) is 12.3. The fourth-order valence-corrected chi connectivity index (χ4v) is 10.4. The molecule has 0 aliphatic carbocycles. The van der Waals surface area contributed by atoms with Gasteiger partial charge in [-0.25, -0.2) is 13.9 Å². The molecular formula is C48H81N3O18P2. The molecule has 71 heavy (non-hydrogen) atoms. The minimum Gasteiger partial charge on any atom is -0.462 e. The predicted octanol–water partition coefficient (Wildman–Crippen LogP) is 6.67. The average Bonchev–Trinajstić information content (AvgIpc) is 3.29. The van der Waals surface area contributed by atoms with Gasteiger partial charge in [-0.15, -0.1) is 0 Å². The number of ketones is 1. The lowest BCUT2D eigenvalue weighted by molar-refractivity contribution is -0.183. The lowest BCUT2D eigenvalue weighted by Gasteiger charge is -2.38. The van der Waals surface area contributed by atoms with Crippen molar-refractivity contribution in [1.82, 2.24) is 9.55 Å². The summed E-state index contributed by atoms with van der Waals surface area (Å²) in [6.07, 6.45) is 8.77. The number of phosphoric ester groups is 2. The van der Waals surface area contributed by atoms with Crippen molar-refractivity contribution in [3.05, 3.63) is 47.1 Å². The van der Waals surface area contributed by atoms with Crippen LogP contribution in [0.25, 0.3) is 0 Å². The molecule has 0 radical (unpaired) electrons. The molecule has 1 saturated heterocycles. The largest absolute Gasteiger partial charge is 0.481 e. The Hall–Kier alpha value is -3.17. The van der Waals surface area contributed by atoms with E-state index in [1.165, 1.54) is 50.3 Å². The number of phosphoric acid groups is 2. The number of hydrogen-bond acceptors (Lipinski definition) is 18. The number of nitrogens with zero attached hydrogens (tertiary/aromatic N) is 2. The van der Waals surface area contributed by atoms with Gasteiger partial charge in [-0.05, 0) is 44.1 Å². The molecule has 2 unspecified atom stereocenters. The van der Waals surface area contributed by atoms with Crippen LogP contribution in [0.2, 0.25) is 0 Å². The summed E-state index contributed by atoms with van der Waals surface area (Å²) in [5.74, 6) is -4.42. The fourth-order valence-electron chi connectivity index (χ4n) is 8.25. The number of aliphatic hydroxyl groups is 4. The van der Waals surface area contributed by atoms with E-state index in [-0.39, 0.29) is 37.9 Å². The second-order valence-corrected chi connectivity index (χ2v) is 22.0. The average molecular weight is 1050 g/mol. The number of ether oxygens (including phenoxy) is 3. The van der Waals surface area contributed by atoms with Crippen LogP contribution < -0.4 is 11.4 Å². The molecule has 8 N–H and O–H groups in total. The summed E-state index contributed by atoms with van der Waals surface area (Å²) < 4.78 is 58.8. The lowest BCUT2D eigenvalue weighted by atomic mass is 9.83. The third kappa shape index (κ3) is 24.6. The summed E-state index contributed by atoms with van der Waals surface area (Å²) in [4.78, 5) is 78.3. The highest BCUT2D eigenvalue weighted by molar-refractivity contribution is 7.61. The van der Waals surface area contributed by atoms with Gasteiger partial charge in [0.2, 0.25) is 0 Å². The van der Waals surface area contributed by atoms with Crippen LogP contribution in [0.15, 0.2) is 41.4 Å². The Bertz CT molecular complexity index is 1970. The second-order valence-electron chi connectivity index (χ2n) is 18.9. The number of Topliss-reactive ketones (excluding diaryl/α,β-unsaturated/α-hetero) is 1. The van der Waals surface area contributed by atoms with Crippen LogP contribution in [-0.4, -0.2) is 114 Å². The van der Waals surface area contributed by atoms with Gasteiger partial charge in [0.15, 0.2) is 6.10 Å². The normalized spacial score (nSPS) is 30.1. The summed E-state index contributed by atoms with van der Waals surface area (Å²) in [6, 6.07) is 1.21. The van der Waals surface area contributed by atoms with E-state index in [1.54, 1.807) is 12.2 Å². The molecule has 23 heteroatoms. The number of aromatic nitrogens is 2. The van der Waals surface area contributed by atoms with Crippen molar-refractivity contribution in [2.24, 2.45) is 17.8 Å². The summed E-state index contributed by atoms with van der Waals surface area (Å²) in [6.45, 7) is 3.69. The van der Waals surface area contributed by atoms with Crippen molar-refractivity contribution in [3.8, 4) is 0 Å². The van der Waals surface area contributed by atoms with Crippen molar-refractivity contribution in [2.45, 2.75) is 198 Å². The van der Waals surface area contributed by atoms with Crippen LogP contribution in [-0.2, 0) is 51.1 Å². The van der Waals surface area contributed by atoms with Gasteiger partial charge in [0, 0.05) is 31.4 Å². The number of aliphatic hydroxyl groups excluding tert-OH is 4. The number of rotatable bonds is 21. The molecular weight excluding hydrogens is 968 g/mol. The molecule has 406 valence electrons. The van der Waals surface area contributed by atoms with Crippen molar-refractivity contribution in [1.29, 1.82) is 0 Å². The molecule has 3 rings (SSSR count). The summed E-state index contributed by atoms with van der Waals surface area (Å²) >= 11 is 0.